The average molecular weight is 835 g/mol. The lowest BCUT2D eigenvalue weighted by Crippen LogP contribution is -2.30. The summed E-state index contributed by atoms with van der Waals surface area (Å²) in [6.07, 6.45) is 61.5. The summed E-state index contributed by atoms with van der Waals surface area (Å²) >= 11 is 0. The van der Waals surface area contributed by atoms with Crippen molar-refractivity contribution in [3.63, 3.8) is 0 Å². The van der Waals surface area contributed by atoms with Crippen LogP contribution in [0.3, 0.4) is 0 Å². The molecule has 0 bridgehead atoms. The van der Waals surface area contributed by atoms with Crippen LogP contribution in [0, 0.1) is 0 Å². The minimum absolute atomic E-state index is 0.0991. The highest BCUT2D eigenvalue weighted by Crippen LogP contribution is 2.14. The highest BCUT2D eigenvalue weighted by Gasteiger charge is 2.19. The molecule has 0 fully saturated rings. The van der Waals surface area contributed by atoms with Crippen LogP contribution in [0.25, 0.3) is 0 Å². The smallest absolute Gasteiger partial charge is 0.306 e. The number of rotatable bonds is 43. The van der Waals surface area contributed by atoms with Gasteiger partial charge in [0.05, 0.1) is 0 Å². The number of unbranched alkanes of at least 4 members (excludes halogenated alkanes) is 18. The topological polar surface area (TPSA) is 78.9 Å². The third-order valence-corrected chi connectivity index (χ3v) is 10.1. The lowest BCUT2D eigenvalue weighted by molar-refractivity contribution is -0.167. The molecule has 1 unspecified atom stereocenters. The molecule has 0 aliphatic rings. The lowest BCUT2D eigenvalue weighted by atomic mass is 10.1. The van der Waals surface area contributed by atoms with E-state index in [1.807, 2.05) is 0 Å². The molecular formula is C54H90O6. The maximum absolute atomic E-state index is 12.7. The van der Waals surface area contributed by atoms with Crippen LogP contribution in [-0.2, 0) is 28.6 Å². The van der Waals surface area contributed by atoms with Gasteiger partial charge < -0.3 is 14.2 Å². The average Bonchev–Trinajstić information content (AvgIpc) is 3.24. The van der Waals surface area contributed by atoms with Crippen LogP contribution in [0.5, 0.6) is 0 Å². The molecular weight excluding hydrogens is 745 g/mol. The van der Waals surface area contributed by atoms with Gasteiger partial charge in [-0.15, -0.1) is 0 Å². The van der Waals surface area contributed by atoms with E-state index in [1.165, 1.54) is 77.0 Å². The maximum Gasteiger partial charge on any atom is 0.306 e. The summed E-state index contributed by atoms with van der Waals surface area (Å²) < 4.78 is 16.7. The fourth-order valence-electron chi connectivity index (χ4n) is 6.47. The van der Waals surface area contributed by atoms with E-state index in [0.717, 1.165) is 96.3 Å². The van der Waals surface area contributed by atoms with Gasteiger partial charge in [-0.1, -0.05) is 183 Å². The van der Waals surface area contributed by atoms with Crippen LogP contribution in [0.15, 0.2) is 85.1 Å². The standard InChI is InChI=1S/C54H90O6/c1-4-7-10-13-16-19-22-24-25-26-27-28-29-30-33-35-38-41-44-47-53(56)59-50-51(49-58-52(55)46-43-40-37-34-31-21-18-15-12-9-6-3)60-54(57)48-45-42-39-36-32-23-20-17-14-11-8-5-2/h7,9-10,12,16-21,24-25,34,37,51H,4-6,8,11,13-15,22-23,26-33,35-36,38-50H2,1-3H3/b10-7-,12-9-,19-16-,20-17-,21-18-,25-24-,37-34-. The number of hydrogen-bond donors (Lipinski definition) is 0. The summed E-state index contributed by atoms with van der Waals surface area (Å²) in [4.78, 5) is 37.8. The monoisotopic (exact) mass is 835 g/mol. The molecule has 0 aliphatic carbocycles. The van der Waals surface area contributed by atoms with E-state index in [9.17, 15) is 14.4 Å². The van der Waals surface area contributed by atoms with Crippen LogP contribution in [0.4, 0.5) is 0 Å². The zero-order valence-corrected chi connectivity index (χ0v) is 38.9. The van der Waals surface area contributed by atoms with Crippen molar-refractivity contribution in [3.8, 4) is 0 Å². The molecule has 0 amide bonds. The Morgan fingerprint density at radius 2 is 0.667 bits per heavy atom. The van der Waals surface area contributed by atoms with Gasteiger partial charge in [0.25, 0.3) is 0 Å². The van der Waals surface area contributed by atoms with Gasteiger partial charge in [-0.05, 0) is 103 Å². The van der Waals surface area contributed by atoms with Gasteiger partial charge >= 0.3 is 17.9 Å². The van der Waals surface area contributed by atoms with Crippen molar-refractivity contribution in [3.05, 3.63) is 85.1 Å². The van der Waals surface area contributed by atoms with Crippen molar-refractivity contribution in [2.45, 2.75) is 226 Å². The largest absolute Gasteiger partial charge is 0.462 e. The Bertz CT molecular complexity index is 1190. The SMILES string of the molecule is CC/C=C\C/C=C\C/C=C\CCCCCCCCCCCC(=O)OCC(COC(=O)CCC/C=C\C/C=C\C/C=C\CC)OC(=O)CCCCCCC/C=C\CCCCC. The van der Waals surface area contributed by atoms with Gasteiger partial charge in [0.1, 0.15) is 13.2 Å². The van der Waals surface area contributed by atoms with Gasteiger partial charge in [-0.2, -0.15) is 0 Å². The van der Waals surface area contributed by atoms with E-state index in [0.29, 0.717) is 19.3 Å². The van der Waals surface area contributed by atoms with Gasteiger partial charge in [-0.3, -0.25) is 14.4 Å². The number of carbonyl (C=O) groups is 3. The van der Waals surface area contributed by atoms with Gasteiger partial charge in [0.15, 0.2) is 6.10 Å². The van der Waals surface area contributed by atoms with Crippen molar-refractivity contribution < 1.29 is 28.6 Å². The van der Waals surface area contributed by atoms with Crippen LogP contribution in [-0.4, -0.2) is 37.2 Å². The van der Waals surface area contributed by atoms with Crippen LogP contribution in [0.2, 0.25) is 0 Å². The molecule has 0 aromatic carbocycles. The quantitative estimate of drug-likeness (QED) is 0.0263. The van der Waals surface area contributed by atoms with E-state index in [1.54, 1.807) is 0 Å². The van der Waals surface area contributed by atoms with Crippen molar-refractivity contribution in [1.82, 2.24) is 0 Å². The van der Waals surface area contributed by atoms with Crippen molar-refractivity contribution >= 4 is 17.9 Å². The van der Waals surface area contributed by atoms with E-state index in [2.05, 4.69) is 106 Å². The molecule has 0 spiro atoms. The van der Waals surface area contributed by atoms with Crippen LogP contribution < -0.4 is 0 Å². The van der Waals surface area contributed by atoms with Gasteiger partial charge in [0, 0.05) is 19.3 Å². The molecule has 0 N–H and O–H groups in total. The van der Waals surface area contributed by atoms with E-state index in [-0.39, 0.29) is 37.5 Å². The zero-order valence-electron chi connectivity index (χ0n) is 38.9. The first-order chi connectivity index (χ1) is 29.5. The Morgan fingerprint density at radius 1 is 0.350 bits per heavy atom. The maximum atomic E-state index is 12.7. The molecule has 342 valence electrons. The Kier molecular flexibility index (Phi) is 45.5. The summed E-state index contributed by atoms with van der Waals surface area (Å²) in [5.74, 6) is -0.975. The molecule has 0 radical (unpaired) electrons. The summed E-state index contributed by atoms with van der Waals surface area (Å²) in [7, 11) is 0. The Labute approximate surface area is 369 Å². The number of esters is 3. The molecule has 1 atom stereocenters. The van der Waals surface area contributed by atoms with Crippen LogP contribution in [0.1, 0.15) is 220 Å². The Balaban J connectivity index is 4.39. The number of allylic oxidation sites excluding steroid dienone is 14. The third kappa shape index (κ3) is 45.7. The summed E-state index contributed by atoms with van der Waals surface area (Å²) in [5, 5.41) is 0. The molecule has 6 heteroatoms. The Hall–Kier alpha value is -3.41. The molecule has 0 aromatic rings. The predicted molar refractivity (Wildman–Crippen MR) is 256 cm³/mol. The van der Waals surface area contributed by atoms with E-state index < -0.39 is 6.10 Å². The van der Waals surface area contributed by atoms with Crippen molar-refractivity contribution in [2.24, 2.45) is 0 Å². The zero-order chi connectivity index (χ0) is 43.7. The summed E-state index contributed by atoms with van der Waals surface area (Å²) in [5.41, 5.74) is 0. The number of carbonyl (C=O) groups excluding carboxylic acids is 3. The molecule has 60 heavy (non-hydrogen) atoms. The second-order valence-electron chi connectivity index (χ2n) is 16.0. The molecule has 0 rings (SSSR count). The molecule has 0 saturated carbocycles. The molecule has 0 aromatic heterocycles. The molecule has 0 saturated heterocycles. The van der Waals surface area contributed by atoms with Gasteiger partial charge in [-0.25, -0.2) is 0 Å². The third-order valence-electron chi connectivity index (χ3n) is 10.1. The first kappa shape index (κ1) is 56.6. The predicted octanol–water partition coefficient (Wildman–Crippen LogP) is 16.0. The lowest BCUT2D eigenvalue weighted by Gasteiger charge is -2.18. The first-order valence-corrected chi connectivity index (χ1v) is 24.6. The van der Waals surface area contributed by atoms with Gasteiger partial charge in [0.2, 0.25) is 0 Å². The second kappa shape index (κ2) is 48.3. The normalized spacial score (nSPS) is 12.8. The first-order valence-electron chi connectivity index (χ1n) is 24.6. The van der Waals surface area contributed by atoms with E-state index >= 15 is 0 Å². The van der Waals surface area contributed by atoms with Crippen molar-refractivity contribution in [1.29, 1.82) is 0 Å². The van der Waals surface area contributed by atoms with Crippen LogP contribution >= 0.6 is 0 Å². The highest BCUT2D eigenvalue weighted by molar-refractivity contribution is 5.71. The number of ether oxygens (including phenoxy) is 3. The molecule has 0 aliphatic heterocycles. The highest BCUT2D eigenvalue weighted by atomic mass is 16.6. The summed E-state index contributed by atoms with van der Waals surface area (Å²) in [6, 6.07) is 0. The summed E-state index contributed by atoms with van der Waals surface area (Å²) in [6.45, 7) is 6.31. The molecule has 0 heterocycles. The second-order valence-corrected chi connectivity index (χ2v) is 16.0. The fraction of sp³-hybridized carbons (Fsp3) is 0.685. The Morgan fingerprint density at radius 3 is 1.10 bits per heavy atom. The fourth-order valence-corrected chi connectivity index (χ4v) is 6.47. The molecule has 6 nitrogen and oxygen atoms in total. The number of hydrogen-bond acceptors (Lipinski definition) is 6. The minimum atomic E-state index is -0.801. The van der Waals surface area contributed by atoms with Crippen molar-refractivity contribution in [2.75, 3.05) is 13.2 Å². The minimum Gasteiger partial charge on any atom is -0.462 e. The van der Waals surface area contributed by atoms with E-state index in [4.69, 9.17) is 14.2 Å².